The van der Waals surface area contributed by atoms with Gasteiger partial charge in [0, 0.05) is 15.6 Å². The van der Waals surface area contributed by atoms with Gasteiger partial charge in [0.15, 0.2) is 4.80 Å². The second-order valence-corrected chi connectivity index (χ2v) is 11.3. The van der Waals surface area contributed by atoms with Crippen molar-refractivity contribution >= 4 is 55.0 Å². The van der Waals surface area contributed by atoms with E-state index in [4.69, 9.17) is 4.99 Å². The van der Waals surface area contributed by atoms with Crippen LogP contribution in [0.3, 0.4) is 0 Å². The highest BCUT2D eigenvalue weighted by Gasteiger charge is 2.32. The van der Waals surface area contributed by atoms with Crippen LogP contribution in [0.4, 0.5) is 4.39 Å². The molecule has 0 unspecified atom stereocenters. The number of rotatable bonds is 2. The van der Waals surface area contributed by atoms with Crippen molar-refractivity contribution in [1.82, 2.24) is 4.57 Å². The number of aromatic nitrogens is 1. The molecule has 4 aromatic rings. The van der Waals surface area contributed by atoms with Gasteiger partial charge in [-0.25, -0.2) is 9.38 Å². The van der Waals surface area contributed by atoms with Gasteiger partial charge in [0.1, 0.15) is 11.6 Å². The summed E-state index contributed by atoms with van der Waals surface area (Å²) in [7, 11) is 0. The van der Waals surface area contributed by atoms with E-state index in [1.807, 2.05) is 12.1 Å². The van der Waals surface area contributed by atoms with Crippen LogP contribution in [0, 0.1) is 5.82 Å². The summed E-state index contributed by atoms with van der Waals surface area (Å²) in [5, 5.41) is 10.5. The Morgan fingerprint density at radius 3 is 2.66 bits per heavy atom. The third-order valence-electron chi connectivity index (χ3n) is 6.40. The number of hydrogen-bond donors (Lipinski definition) is 1. The third-order valence-corrected chi connectivity index (χ3v) is 8.45. The second-order valence-electron chi connectivity index (χ2n) is 8.49. The van der Waals surface area contributed by atoms with Crippen LogP contribution in [-0.2, 0) is 6.42 Å². The van der Waals surface area contributed by atoms with Gasteiger partial charge in [-0.2, -0.15) is 0 Å². The van der Waals surface area contributed by atoms with Crippen molar-refractivity contribution in [2.75, 3.05) is 0 Å². The Balaban J connectivity index is 1.64. The fourth-order valence-corrected chi connectivity index (χ4v) is 7.05. The van der Waals surface area contributed by atoms with Crippen LogP contribution in [0.2, 0.25) is 0 Å². The standard InChI is InChI=1S/C27H17Br2FN2O2S/c28-17-11-16(25(33)21(29)13-17)12-22-26(34)32-24(15-5-8-18(30)9-6-15)20-10-7-14-3-1-2-4-19(14)23(20)31-27(32)35-22/h1-6,8-9,11-13,24,33H,7,10H2/b22-12+/t24-/m1/s1. The van der Waals surface area contributed by atoms with Crippen molar-refractivity contribution in [3.8, 4) is 5.75 Å². The molecule has 1 aliphatic heterocycles. The first-order valence-electron chi connectivity index (χ1n) is 11.0. The van der Waals surface area contributed by atoms with Gasteiger partial charge >= 0.3 is 0 Å². The Hall–Kier alpha value is -2.81. The van der Waals surface area contributed by atoms with Crippen LogP contribution in [0.1, 0.15) is 34.7 Å². The number of halogens is 3. The minimum Gasteiger partial charge on any atom is -0.506 e. The van der Waals surface area contributed by atoms with Gasteiger partial charge in [-0.3, -0.25) is 9.36 Å². The highest BCUT2D eigenvalue weighted by atomic mass is 79.9. The molecule has 1 atom stereocenters. The molecule has 0 bridgehead atoms. The Kier molecular flexibility index (Phi) is 5.62. The van der Waals surface area contributed by atoms with E-state index < -0.39 is 0 Å². The Morgan fingerprint density at radius 1 is 1.09 bits per heavy atom. The third kappa shape index (κ3) is 3.84. The maximum Gasteiger partial charge on any atom is 0.271 e. The van der Waals surface area contributed by atoms with Gasteiger partial charge < -0.3 is 5.11 Å². The monoisotopic (exact) mass is 610 g/mol. The van der Waals surface area contributed by atoms with Crippen molar-refractivity contribution < 1.29 is 9.50 Å². The minimum absolute atomic E-state index is 0.0577. The summed E-state index contributed by atoms with van der Waals surface area (Å²) in [4.78, 5) is 19.3. The molecule has 2 aliphatic rings. The number of phenols is 1. The predicted octanol–water partition coefficient (Wildman–Crippen LogP) is 5.69. The molecule has 0 amide bonds. The number of allylic oxidation sites excluding steroid dienone is 1. The van der Waals surface area contributed by atoms with E-state index >= 15 is 0 Å². The van der Waals surface area contributed by atoms with Crippen molar-refractivity contribution in [1.29, 1.82) is 0 Å². The smallest absolute Gasteiger partial charge is 0.271 e. The number of aryl methyl sites for hydroxylation is 1. The average Bonchev–Trinajstić information content (AvgIpc) is 3.16. The van der Waals surface area contributed by atoms with Crippen LogP contribution in [0.25, 0.3) is 11.8 Å². The zero-order chi connectivity index (χ0) is 24.3. The van der Waals surface area contributed by atoms with Crippen molar-refractivity contribution in [3.05, 3.63) is 123 Å². The molecule has 8 heteroatoms. The first kappa shape index (κ1) is 22.6. The molecule has 174 valence electrons. The Bertz CT molecular complexity index is 1720. The SMILES string of the molecule is O=c1/c(=C\c2cc(Br)cc(Br)c2O)sc2n1[C@H](c1ccc(F)cc1)C1=C(N=2)c2ccccc2CC1. The highest BCUT2D eigenvalue weighted by Crippen LogP contribution is 2.41. The Morgan fingerprint density at radius 2 is 1.86 bits per heavy atom. The van der Waals surface area contributed by atoms with Crippen LogP contribution in [0.5, 0.6) is 5.75 Å². The van der Waals surface area contributed by atoms with Crippen LogP contribution < -0.4 is 14.9 Å². The number of phenolic OH excluding ortho intramolecular Hbond substituents is 1. The maximum atomic E-state index is 13.8. The quantitative estimate of drug-likeness (QED) is 0.317. The van der Waals surface area contributed by atoms with E-state index in [1.54, 1.807) is 34.9 Å². The molecule has 1 N–H and O–H groups in total. The topological polar surface area (TPSA) is 54.6 Å². The van der Waals surface area contributed by atoms with E-state index in [0.717, 1.165) is 39.7 Å². The van der Waals surface area contributed by atoms with Gasteiger partial charge in [0.25, 0.3) is 5.56 Å². The molecule has 0 saturated carbocycles. The fourth-order valence-electron chi connectivity index (χ4n) is 4.80. The lowest BCUT2D eigenvalue weighted by molar-refractivity contribution is 0.470. The first-order valence-corrected chi connectivity index (χ1v) is 13.4. The zero-order valence-electron chi connectivity index (χ0n) is 18.1. The van der Waals surface area contributed by atoms with E-state index in [0.29, 0.717) is 19.4 Å². The normalized spacial score (nSPS) is 17.0. The summed E-state index contributed by atoms with van der Waals surface area (Å²) in [6, 6.07) is 17.7. The molecule has 0 spiro atoms. The molecule has 1 aliphatic carbocycles. The number of hydrogen-bond acceptors (Lipinski definition) is 4. The zero-order valence-corrected chi connectivity index (χ0v) is 22.1. The largest absolute Gasteiger partial charge is 0.506 e. The number of fused-ring (bicyclic) bond motifs is 3. The number of thiazole rings is 1. The van der Waals surface area contributed by atoms with Gasteiger partial charge in [-0.1, -0.05) is 63.7 Å². The molecular formula is C27H17Br2FN2O2S. The number of aromatic hydroxyl groups is 1. The van der Waals surface area contributed by atoms with Crippen LogP contribution >= 0.6 is 43.2 Å². The van der Waals surface area contributed by atoms with E-state index in [1.165, 1.54) is 29.0 Å². The van der Waals surface area contributed by atoms with E-state index in [9.17, 15) is 14.3 Å². The Labute approximate surface area is 220 Å². The maximum absolute atomic E-state index is 13.8. The van der Waals surface area contributed by atoms with E-state index in [-0.39, 0.29) is 23.2 Å². The minimum atomic E-state index is -0.375. The summed E-state index contributed by atoms with van der Waals surface area (Å²) in [6.45, 7) is 0. The number of benzene rings is 3. The second kappa shape index (κ2) is 8.69. The van der Waals surface area contributed by atoms with Gasteiger partial charge in [-0.05, 0) is 75.8 Å². The fraction of sp³-hybridized carbons (Fsp3) is 0.111. The van der Waals surface area contributed by atoms with Crippen molar-refractivity contribution in [2.45, 2.75) is 18.9 Å². The molecule has 0 saturated heterocycles. The van der Waals surface area contributed by atoms with Crippen molar-refractivity contribution in [3.63, 3.8) is 0 Å². The van der Waals surface area contributed by atoms with Gasteiger partial charge in [0.2, 0.25) is 0 Å². The molecule has 1 aromatic heterocycles. The van der Waals surface area contributed by atoms with Gasteiger partial charge in [0.05, 0.1) is 20.7 Å². The van der Waals surface area contributed by atoms with E-state index in [2.05, 4.69) is 44.0 Å². The molecular weight excluding hydrogens is 595 g/mol. The number of nitrogens with zero attached hydrogens (tertiary/aromatic N) is 2. The molecule has 0 radical (unpaired) electrons. The summed E-state index contributed by atoms with van der Waals surface area (Å²) in [6.07, 6.45) is 3.31. The molecule has 0 fully saturated rings. The summed E-state index contributed by atoms with van der Waals surface area (Å²) in [5.74, 6) is -0.262. The van der Waals surface area contributed by atoms with Crippen molar-refractivity contribution in [2.24, 2.45) is 4.99 Å². The van der Waals surface area contributed by atoms with Crippen LogP contribution in [0.15, 0.2) is 85.0 Å². The molecule has 4 nitrogen and oxygen atoms in total. The summed E-state index contributed by atoms with van der Waals surface area (Å²) >= 11 is 8.08. The van der Waals surface area contributed by atoms with Gasteiger partial charge in [-0.15, -0.1) is 0 Å². The highest BCUT2D eigenvalue weighted by molar-refractivity contribution is 9.11. The summed E-state index contributed by atoms with van der Waals surface area (Å²) in [5.41, 5.74) is 5.43. The molecule has 2 heterocycles. The predicted molar refractivity (Wildman–Crippen MR) is 143 cm³/mol. The molecule has 6 rings (SSSR count). The van der Waals surface area contributed by atoms with Crippen LogP contribution in [-0.4, -0.2) is 9.67 Å². The average molecular weight is 612 g/mol. The lowest BCUT2D eigenvalue weighted by atomic mass is 9.83. The first-order chi connectivity index (χ1) is 16.9. The summed E-state index contributed by atoms with van der Waals surface area (Å²) < 4.78 is 17.3. The molecule has 3 aromatic carbocycles. The molecule has 35 heavy (non-hydrogen) atoms. The lowest BCUT2D eigenvalue weighted by Crippen LogP contribution is -2.38. The lowest BCUT2D eigenvalue weighted by Gasteiger charge is -2.30.